The molecule has 0 atom stereocenters. The minimum Gasteiger partial charge on any atom is -0.342 e. The van der Waals surface area contributed by atoms with Crippen LogP contribution in [0.1, 0.15) is 22.3 Å². The number of nitrogens with zero attached hydrogens (tertiary/aromatic N) is 2. The van der Waals surface area contributed by atoms with E-state index in [1.165, 1.54) is 11.1 Å². The first kappa shape index (κ1) is 24.9. The van der Waals surface area contributed by atoms with E-state index in [2.05, 4.69) is 41.1 Å². The van der Waals surface area contributed by atoms with Crippen LogP contribution >= 0.6 is 23.4 Å². The minimum absolute atomic E-state index is 0.287. The van der Waals surface area contributed by atoms with Crippen molar-refractivity contribution in [2.24, 2.45) is 0 Å². The number of hydrogen-bond donors (Lipinski definition) is 1. The highest BCUT2D eigenvalue weighted by Gasteiger charge is 2.36. The summed E-state index contributed by atoms with van der Waals surface area (Å²) in [6.45, 7) is 4.20. The van der Waals surface area contributed by atoms with Gasteiger partial charge in [-0.2, -0.15) is 0 Å². The summed E-state index contributed by atoms with van der Waals surface area (Å²) in [4.78, 5) is 39.6. The Labute approximate surface area is 223 Å². The lowest BCUT2D eigenvalue weighted by atomic mass is 10.1. The Kier molecular flexibility index (Phi) is 6.91. The van der Waals surface area contributed by atoms with Crippen LogP contribution < -0.4 is 5.32 Å². The summed E-state index contributed by atoms with van der Waals surface area (Å²) in [5.74, 6) is -0.952. The van der Waals surface area contributed by atoms with Gasteiger partial charge in [-0.15, -0.1) is 0 Å². The number of carbonyl (C=O) groups is 3. The van der Waals surface area contributed by atoms with Crippen molar-refractivity contribution in [2.45, 2.75) is 20.4 Å². The van der Waals surface area contributed by atoms with Gasteiger partial charge in [0.25, 0.3) is 11.1 Å². The van der Waals surface area contributed by atoms with Gasteiger partial charge in [0.1, 0.15) is 6.54 Å². The maximum absolute atomic E-state index is 13.1. The van der Waals surface area contributed by atoms with Crippen LogP contribution in [0.3, 0.4) is 0 Å². The normalized spacial score (nSPS) is 14.7. The number of hydrogen-bond acceptors (Lipinski definition) is 4. The number of para-hydroxylation sites is 1. The van der Waals surface area contributed by atoms with E-state index >= 15 is 0 Å². The summed E-state index contributed by atoms with van der Waals surface area (Å²) < 4.78 is 2.14. The molecular formula is C29H24ClN3O3S. The lowest BCUT2D eigenvalue weighted by Crippen LogP contribution is -2.36. The first-order valence-corrected chi connectivity index (χ1v) is 12.9. The first-order valence-electron chi connectivity index (χ1n) is 11.7. The van der Waals surface area contributed by atoms with Crippen LogP contribution in [0.25, 0.3) is 17.0 Å². The van der Waals surface area contributed by atoms with Crippen LogP contribution in [0.4, 0.5) is 10.5 Å². The first-order chi connectivity index (χ1) is 17.8. The van der Waals surface area contributed by atoms with E-state index in [1.807, 2.05) is 37.4 Å². The van der Waals surface area contributed by atoms with Crippen molar-refractivity contribution in [2.75, 3.05) is 11.9 Å². The van der Waals surface area contributed by atoms with Crippen LogP contribution in [0, 0.1) is 13.8 Å². The Morgan fingerprint density at radius 2 is 1.78 bits per heavy atom. The molecule has 2 heterocycles. The van der Waals surface area contributed by atoms with Gasteiger partial charge in [-0.25, -0.2) is 0 Å². The molecule has 0 radical (unpaired) electrons. The van der Waals surface area contributed by atoms with Crippen molar-refractivity contribution < 1.29 is 14.4 Å². The number of benzene rings is 3. The van der Waals surface area contributed by atoms with Crippen molar-refractivity contribution in [1.29, 1.82) is 0 Å². The molecule has 3 aromatic carbocycles. The smallest absolute Gasteiger partial charge is 0.294 e. The second-order valence-electron chi connectivity index (χ2n) is 8.99. The van der Waals surface area contributed by atoms with E-state index in [1.54, 1.807) is 24.3 Å². The predicted octanol–water partition coefficient (Wildman–Crippen LogP) is 6.63. The Morgan fingerprint density at radius 1 is 1.03 bits per heavy atom. The molecule has 3 amide bonds. The molecule has 1 saturated heterocycles. The van der Waals surface area contributed by atoms with Gasteiger partial charge in [0.2, 0.25) is 5.91 Å². The molecule has 4 aromatic rings. The third kappa shape index (κ3) is 5.33. The zero-order chi connectivity index (χ0) is 26.1. The van der Waals surface area contributed by atoms with Crippen LogP contribution in [0.5, 0.6) is 0 Å². The number of rotatable bonds is 6. The van der Waals surface area contributed by atoms with E-state index in [9.17, 15) is 14.4 Å². The molecule has 8 heteroatoms. The van der Waals surface area contributed by atoms with Gasteiger partial charge in [-0.3, -0.25) is 19.3 Å². The topological polar surface area (TPSA) is 71.4 Å². The number of thioether (sulfide) groups is 1. The van der Waals surface area contributed by atoms with Crippen LogP contribution in [0.15, 0.2) is 77.8 Å². The van der Waals surface area contributed by atoms with Crippen molar-refractivity contribution in [3.05, 3.63) is 105 Å². The molecule has 0 bridgehead atoms. The Balaban J connectivity index is 1.37. The van der Waals surface area contributed by atoms with Gasteiger partial charge in [0.15, 0.2) is 0 Å². The predicted molar refractivity (Wildman–Crippen MR) is 150 cm³/mol. The third-order valence-corrected chi connectivity index (χ3v) is 7.37. The van der Waals surface area contributed by atoms with E-state index in [-0.39, 0.29) is 11.4 Å². The standard InChI is InChI=1S/C29H24ClN3O3S/c1-18-7-10-20(11-8-18)15-32-16-21(23-5-3-4-6-25(23)32)13-26-28(35)33(29(36)37-26)17-27(34)31-24-14-22(30)12-9-19(24)2/h3-14,16H,15,17H2,1-2H3,(H,31,34)/b26-13-. The number of anilines is 1. The van der Waals surface area contributed by atoms with Crippen LogP contribution in [0.2, 0.25) is 5.02 Å². The van der Waals surface area contributed by atoms with Crippen LogP contribution in [-0.2, 0) is 16.1 Å². The highest BCUT2D eigenvalue weighted by molar-refractivity contribution is 8.18. The number of carbonyl (C=O) groups excluding carboxylic acids is 3. The summed E-state index contributed by atoms with van der Waals surface area (Å²) in [6, 6.07) is 21.5. The largest absolute Gasteiger partial charge is 0.342 e. The molecule has 0 unspecified atom stereocenters. The number of nitrogens with one attached hydrogen (secondary N) is 1. The number of aromatic nitrogens is 1. The molecule has 1 aromatic heterocycles. The zero-order valence-electron chi connectivity index (χ0n) is 20.3. The van der Waals surface area contributed by atoms with Gasteiger partial charge in [-0.05, 0) is 61.0 Å². The van der Waals surface area contributed by atoms with E-state index < -0.39 is 17.1 Å². The molecule has 0 aliphatic carbocycles. The minimum atomic E-state index is -0.483. The molecule has 186 valence electrons. The molecule has 0 saturated carbocycles. The average molecular weight is 530 g/mol. The highest BCUT2D eigenvalue weighted by atomic mass is 35.5. The summed E-state index contributed by atoms with van der Waals surface area (Å²) in [5.41, 5.74) is 5.61. The fraction of sp³-hybridized carbons (Fsp3) is 0.138. The maximum Gasteiger partial charge on any atom is 0.294 e. The van der Waals surface area contributed by atoms with Crippen LogP contribution in [-0.4, -0.2) is 33.1 Å². The Hall–Kier alpha value is -3.81. The fourth-order valence-electron chi connectivity index (χ4n) is 4.25. The summed E-state index contributed by atoms with van der Waals surface area (Å²) >= 11 is 6.87. The number of halogens is 1. The molecule has 6 nitrogen and oxygen atoms in total. The monoisotopic (exact) mass is 529 g/mol. The zero-order valence-corrected chi connectivity index (χ0v) is 21.9. The number of amides is 3. The van der Waals surface area contributed by atoms with Crippen molar-refractivity contribution in [3.63, 3.8) is 0 Å². The molecule has 1 fully saturated rings. The van der Waals surface area contributed by atoms with Gasteiger partial charge < -0.3 is 9.88 Å². The Bertz CT molecular complexity index is 1570. The summed E-state index contributed by atoms with van der Waals surface area (Å²) in [5, 5.41) is 3.73. The van der Waals surface area contributed by atoms with E-state index in [4.69, 9.17) is 11.6 Å². The molecule has 1 aliphatic rings. The SMILES string of the molecule is Cc1ccc(Cn2cc(/C=C3\SC(=O)N(CC(=O)Nc4cc(Cl)ccc4C)C3=O)c3ccccc32)cc1. The van der Waals surface area contributed by atoms with Crippen molar-refractivity contribution >= 4 is 63.1 Å². The summed E-state index contributed by atoms with van der Waals surface area (Å²) in [7, 11) is 0. The number of imide groups is 1. The molecule has 1 aliphatic heterocycles. The second-order valence-corrected chi connectivity index (χ2v) is 10.4. The number of aryl methyl sites for hydroxylation is 2. The molecule has 37 heavy (non-hydrogen) atoms. The summed E-state index contributed by atoms with van der Waals surface area (Å²) in [6.07, 6.45) is 3.73. The third-order valence-electron chi connectivity index (χ3n) is 6.23. The lowest BCUT2D eigenvalue weighted by Gasteiger charge is -2.13. The van der Waals surface area contributed by atoms with Gasteiger partial charge in [-0.1, -0.05) is 65.7 Å². The van der Waals surface area contributed by atoms with Gasteiger partial charge >= 0.3 is 0 Å². The van der Waals surface area contributed by atoms with Crippen molar-refractivity contribution in [1.82, 2.24) is 9.47 Å². The lowest BCUT2D eigenvalue weighted by molar-refractivity contribution is -0.127. The van der Waals surface area contributed by atoms with Crippen molar-refractivity contribution in [3.8, 4) is 0 Å². The molecule has 5 rings (SSSR count). The van der Waals surface area contributed by atoms with E-state index in [0.29, 0.717) is 17.3 Å². The molecule has 0 spiro atoms. The molecular weight excluding hydrogens is 506 g/mol. The van der Waals surface area contributed by atoms with Gasteiger partial charge in [0, 0.05) is 39.9 Å². The molecule has 1 N–H and O–H groups in total. The Morgan fingerprint density at radius 3 is 2.57 bits per heavy atom. The van der Waals surface area contributed by atoms with E-state index in [0.717, 1.165) is 38.7 Å². The number of fused-ring (bicyclic) bond motifs is 1. The van der Waals surface area contributed by atoms with Gasteiger partial charge in [0.05, 0.1) is 4.91 Å². The highest BCUT2D eigenvalue weighted by Crippen LogP contribution is 2.34. The fourth-order valence-corrected chi connectivity index (χ4v) is 5.25. The second kappa shape index (κ2) is 10.3. The maximum atomic E-state index is 13.1. The average Bonchev–Trinajstić information content (AvgIpc) is 3.34. The quantitative estimate of drug-likeness (QED) is 0.284.